The van der Waals surface area contributed by atoms with E-state index in [1.54, 1.807) is 55.6 Å². The van der Waals surface area contributed by atoms with Gasteiger partial charge in [0, 0.05) is 11.6 Å². The molecule has 0 bridgehead atoms. The lowest BCUT2D eigenvalue weighted by molar-refractivity contribution is -0.138. The van der Waals surface area contributed by atoms with Gasteiger partial charge >= 0.3 is 0 Å². The zero-order valence-corrected chi connectivity index (χ0v) is 19.8. The van der Waals surface area contributed by atoms with Gasteiger partial charge in [-0.25, -0.2) is 4.90 Å². The molecule has 0 radical (unpaired) electrons. The molecule has 1 fully saturated rings. The molecule has 3 aromatic rings. The Hall–Kier alpha value is -3.64. The number of benzene rings is 3. The first-order chi connectivity index (χ1) is 16.4. The molecule has 4 rings (SSSR count). The van der Waals surface area contributed by atoms with E-state index in [2.05, 4.69) is 0 Å². The minimum absolute atomic E-state index is 0.0664. The van der Waals surface area contributed by atoms with Crippen molar-refractivity contribution < 1.29 is 19.1 Å². The summed E-state index contributed by atoms with van der Waals surface area (Å²) >= 11 is 5.97. The first kappa shape index (κ1) is 23.5. The first-order valence-electron chi connectivity index (χ1n) is 11.0. The van der Waals surface area contributed by atoms with Gasteiger partial charge in [0.25, 0.3) is 5.91 Å². The van der Waals surface area contributed by atoms with E-state index in [1.165, 1.54) is 4.90 Å². The molecule has 3 amide bonds. The van der Waals surface area contributed by atoms with Crippen molar-refractivity contribution in [3.63, 3.8) is 0 Å². The van der Waals surface area contributed by atoms with Crippen molar-refractivity contribution in [1.82, 2.24) is 4.90 Å². The number of anilines is 1. The van der Waals surface area contributed by atoms with Gasteiger partial charge in [-0.3, -0.25) is 14.4 Å². The Morgan fingerprint density at radius 1 is 0.971 bits per heavy atom. The predicted molar refractivity (Wildman–Crippen MR) is 131 cm³/mol. The molecule has 0 saturated carbocycles. The molecule has 174 valence electrons. The van der Waals surface area contributed by atoms with Crippen LogP contribution in [0.15, 0.2) is 72.8 Å². The molecular weight excluding hydrogens is 452 g/mol. The van der Waals surface area contributed by atoms with E-state index in [0.717, 1.165) is 21.6 Å². The SMILES string of the molecule is COc1ccc(N2C(=O)CC(N(Cc3ccc(C)cc3)C(=O)Cc3ccc(Cl)cc3)C2=O)cc1. The van der Waals surface area contributed by atoms with Crippen LogP contribution in [-0.2, 0) is 27.3 Å². The lowest BCUT2D eigenvalue weighted by atomic mass is 10.1. The highest BCUT2D eigenvalue weighted by Crippen LogP contribution is 2.29. The third-order valence-corrected chi connectivity index (χ3v) is 6.14. The molecule has 1 heterocycles. The number of rotatable bonds is 7. The molecule has 1 unspecified atom stereocenters. The molecular formula is C27H25ClN2O4. The van der Waals surface area contributed by atoms with Gasteiger partial charge in [-0.2, -0.15) is 0 Å². The van der Waals surface area contributed by atoms with Crippen LogP contribution in [0.3, 0.4) is 0 Å². The number of carbonyl (C=O) groups is 3. The van der Waals surface area contributed by atoms with Crippen LogP contribution in [0.1, 0.15) is 23.1 Å². The number of ether oxygens (including phenoxy) is 1. The van der Waals surface area contributed by atoms with Crippen LogP contribution in [0.5, 0.6) is 5.75 Å². The minimum atomic E-state index is -0.879. The lowest BCUT2D eigenvalue weighted by Crippen LogP contribution is -2.45. The summed E-state index contributed by atoms with van der Waals surface area (Å²) in [5, 5.41) is 0.583. The predicted octanol–water partition coefficient (Wildman–Crippen LogP) is 4.56. The molecule has 1 aliphatic heterocycles. The fraction of sp³-hybridized carbons (Fsp3) is 0.222. The molecule has 0 spiro atoms. The number of nitrogens with zero attached hydrogens (tertiary/aromatic N) is 2. The number of hydrogen-bond donors (Lipinski definition) is 0. The molecule has 7 heteroatoms. The fourth-order valence-corrected chi connectivity index (χ4v) is 4.13. The first-order valence-corrected chi connectivity index (χ1v) is 11.3. The molecule has 6 nitrogen and oxygen atoms in total. The van der Waals surface area contributed by atoms with E-state index in [9.17, 15) is 14.4 Å². The van der Waals surface area contributed by atoms with Crippen molar-refractivity contribution >= 4 is 35.0 Å². The van der Waals surface area contributed by atoms with Crippen LogP contribution >= 0.6 is 11.6 Å². The number of imide groups is 1. The normalized spacial score (nSPS) is 15.5. The third kappa shape index (κ3) is 5.13. The molecule has 1 atom stereocenters. The van der Waals surface area contributed by atoms with Crippen LogP contribution in [0.25, 0.3) is 0 Å². The highest BCUT2D eigenvalue weighted by Gasteiger charge is 2.44. The van der Waals surface area contributed by atoms with Gasteiger partial charge in [0.05, 0.1) is 25.6 Å². The Kier molecular flexibility index (Phi) is 6.98. The molecule has 34 heavy (non-hydrogen) atoms. The van der Waals surface area contributed by atoms with Crippen molar-refractivity contribution in [2.75, 3.05) is 12.0 Å². The average Bonchev–Trinajstić information content (AvgIpc) is 3.13. The van der Waals surface area contributed by atoms with Gasteiger partial charge in [-0.1, -0.05) is 53.6 Å². The highest BCUT2D eigenvalue weighted by molar-refractivity contribution is 6.30. The largest absolute Gasteiger partial charge is 0.497 e. The maximum atomic E-state index is 13.4. The third-order valence-electron chi connectivity index (χ3n) is 5.89. The maximum absolute atomic E-state index is 13.4. The number of methoxy groups -OCH3 is 1. The summed E-state index contributed by atoms with van der Waals surface area (Å²) in [5.74, 6) is -0.357. The Morgan fingerprint density at radius 3 is 2.21 bits per heavy atom. The van der Waals surface area contributed by atoms with E-state index in [0.29, 0.717) is 16.5 Å². The van der Waals surface area contributed by atoms with Crippen LogP contribution in [0.4, 0.5) is 5.69 Å². The van der Waals surface area contributed by atoms with Crippen LogP contribution in [0, 0.1) is 6.92 Å². The van der Waals surface area contributed by atoms with Crippen molar-refractivity contribution in [2.24, 2.45) is 0 Å². The molecule has 3 aromatic carbocycles. The molecule has 1 saturated heterocycles. The summed E-state index contributed by atoms with van der Waals surface area (Å²) in [5.41, 5.74) is 3.23. The van der Waals surface area contributed by atoms with Gasteiger partial charge < -0.3 is 9.64 Å². The monoisotopic (exact) mass is 476 g/mol. The summed E-state index contributed by atoms with van der Waals surface area (Å²) in [6, 6.07) is 20.6. The van der Waals surface area contributed by atoms with Crippen LogP contribution in [0.2, 0.25) is 5.02 Å². The Bertz CT molecular complexity index is 1190. The standard InChI is InChI=1S/C27H25ClN2O4/c1-18-3-5-20(6-4-18)17-29(25(31)15-19-7-9-21(28)10-8-19)24-16-26(32)30(27(24)33)22-11-13-23(34-2)14-12-22/h3-14,24H,15-17H2,1-2H3. The van der Waals surface area contributed by atoms with Crippen LogP contribution < -0.4 is 9.64 Å². The van der Waals surface area contributed by atoms with Gasteiger partial charge in [0.1, 0.15) is 11.8 Å². The Balaban J connectivity index is 1.62. The second-order valence-corrected chi connectivity index (χ2v) is 8.73. The van der Waals surface area contributed by atoms with Gasteiger partial charge in [-0.05, 0) is 54.4 Å². The summed E-state index contributed by atoms with van der Waals surface area (Å²) in [6.07, 6.45) is 0.0343. The van der Waals surface area contributed by atoms with E-state index in [-0.39, 0.29) is 31.2 Å². The smallest absolute Gasteiger partial charge is 0.257 e. The Labute approximate surface area is 203 Å². The second-order valence-electron chi connectivity index (χ2n) is 8.30. The van der Waals surface area contributed by atoms with Crippen molar-refractivity contribution in [2.45, 2.75) is 32.4 Å². The molecule has 1 aliphatic rings. The summed E-state index contributed by atoms with van der Waals surface area (Å²) in [4.78, 5) is 42.4. The highest BCUT2D eigenvalue weighted by atomic mass is 35.5. The number of carbonyl (C=O) groups excluding carboxylic acids is 3. The molecule has 0 aromatic heterocycles. The summed E-state index contributed by atoms with van der Waals surface area (Å²) in [6.45, 7) is 2.21. The van der Waals surface area contributed by atoms with Crippen LogP contribution in [-0.4, -0.2) is 35.8 Å². The van der Waals surface area contributed by atoms with Gasteiger partial charge in [-0.15, -0.1) is 0 Å². The zero-order valence-electron chi connectivity index (χ0n) is 19.0. The van der Waals surface area contributed by atoms with Gasteiger partial charge in [0.15, 0.2) is 0 Å². The zero-order chi connectivity index (χ0) is 24.2. The van der Waals surface area contributed by atoms with Gasteiger partial charge in [0.2, 0.25) is 11.8 Å². The van der Waals surface area contributed by atoms with E-state index < -0.39 is 11.9 Å². The Morgan fingerprint density at radius 2 is 1.59 bits per heavy atom. The topological polar surface area (TPSA) is 66.9 Å². The lowest BCUT2D eigenvalue weighted by Gasteiger charge is -2.28. The van der Waals surface area contributed by atoms with Crippen molar-refractivity contribution in [3.05, 3.63) is 94.5 Å². The van der Waals surface area contributed by atoms with E-state index in [4.69, 9.17) is 16.3 Å². The van der Waals surface area contributed by atoms with Crippen molar-refractivity contribution in [3.8, 4) is 5.75 Å². The van der Waals surface area contributed by atoms with E-state index >= 15 is 0 Å². The summed E-state index contributed by atoms with van der Waals surface area (Å²) in [7, 11) is 1.55. The number of aryl methyl sites for hydroxylation is 1. The molecule has 0 N–H and O–H groups in total. The summed E-state index contributed by atoms with van der Waals surface area (Å²) < 4.78 is 5.17. The number of hydrogen-bond acceptors (Lipinski definition) is 4. The second kappa shape index (κ2) is 10.1. The maximum Gasteiger partial charge on any atom is 0.257 e. The van der Waals surface area contributed by atoms with E-state index in [1.807, 2.05) is 31.2 Å². The minimum Gasteiger partial charge on any atom is -0.497 e. The average molecular weight is 477 g/mol. The fourth-order valence-electron chi connectivity index (χ4n) is 4.00. The number of amides is 3. The molecule has 0 aliphatic carbocycles. The number of halogens is 1. The quantitative estimate of drug-likeness (QED) is 0.469. The van der Waals surface area contributed by atoms with Crippen molar-refractivity contribution in [1.29, 1.82) is 0 Å².